The summed E-state index contributed by atoms with van der Waals surface area (Å²) in [7, 11) is 0.243. The molecule has 1 aromatic heterocycles. The van der Waals surface area contributed by atoms with Crippen LogP contribution in [0, 0.1) is 5.82 Å². The highest BCUT2D eigenvalue weighted by Gasteiger charge is 2.28. The number of anilines is 2. The van der Waals surface area contributed by atoms with Crippen LogP contribution in [0.25, 0.3) is 0 Å². The number of halogens is 1. The molecule has 23 heavy (non-hydrogen) atoms. The number of nitrogens with one attached hydrogen (secondary N) is 1. The summed E-state index contributed by atoms with van der Waals surface area (Å²) in [5, 5.41) is 3.05. The summed E-state index contributed by atoms with van der Waals surface area (Å²) in [5.74, 6) is 0.0887. The number of piperidine rings is 1. The van der Waals surface area contributed by atoms with Crippen molar-refractivity contribution in [3.05, 3.63) is 12.0 Å². The summed E-state index contributed by atoms with van der Waals surface area (Å²) in [6.45, 7) is 1.12. The molecule has 1 aromatic rings. The van der Waals surface area contributed by atoms with E-state index in [0.29, 0.717) is 25.5 Å². The molecule has 0 radical (unpaired) electrons. The molecule has 0 bridgehead atoms. The van der Waals surface area contributed by atoms with Gasteiger partial charge in [0.05, 0.1) is 12.5 Å². The molecule has 1 atom stereocenters. The molecule has 130 valence electrons. The van der Waals surface area contributed by atoms with E-state index in [4.69, 9.17) is 0 Å². The van der Waals surface area contributed by atoms with Crippen LogP contribution in [0.3, 0.4) is 0 Å². The van der Waals surface area contributed by atoms with E-state index < -0.39 is 15.8 Å². The van der Waals surface area contributed by atoms with E-state index in [0.717, 1.165) is 25.5 Å². The van der Waals surface area contributed by atoms with Gasteiger partial charge in [-0.3, -0.25) is 0 Å². The van der Waals surface area contributed by atoms with Gasteiger partial charge in [-0.15, -0.1) is 0 Å². The van der Waals surface area contributed by atoms with E-state index in [1.54, 1.807) is 23.3 Å². The fraction of sp³-hybridized carbons (Fsp3) is 0.714. The fourth-order valence-corrected chi connectivity index (χ4v) is 4.02. The highest BCUT2D eigenvalue weighted by atomic mass is 32.2. The molecule has 9 heteroatoms. The van der Waals surface area contributed by atoms with Gasteiger partial charge in [0.15, 0.2) is 11.6 Å². The van der Waals surface area contributed by atoms with Crippen LogP contribution in [-0.2, 0) is 10.0 Å². The van der Waals surface area contributed by atoms with Gasteiger partial charge < -0.3 is 10.2 Å². The lowest BCUT2D eigenvalue weighted by Crippen LogP contribution is -2.43. The molecule has 1 saturated heterocycles. The maximum absolute atomic E-state index is 13.5. The van der Waals surface area contributed by atoms with Crippen molar-refractivity contribution in [2.75, 3.05) is 43.7 Å². The van der Waals surface area contributed by atoms with E-state index >= 15 is 0 Å². The highest BCUT2D eigenvalue weighted by molar-refractivity contribution is 7.88. The van der Waals surface area contributed by atoms with Crippen molar-refractivity contribution in [3.8, 4) is 0 Å². The zero-order valence-electron chi connectivity index (χ0n) is 13.8. The van der Waals surface area contributed by atoms with Gasteiger partial charge >= 0.3 is 0 Å². The molecule has 7 nitrogen and oxygen atoms in total. The Morgan fingerprint density at radius 3 is 2.83 bits per heavy atom. The zero-order chi connectivity index (χ0) is 17.0. The molecule has 2 rings (SSSR count). The van der Waals surface area contributed by atoms with Gasteiger partial charge in [-0.25, -0.2) is 17.8 Å². The second-order valence-electron chi connectivity index (χ2n) is 6.00. The predicted molar refractivity (Wildman–Crippen MR) is 88.6 cm³/mol. The van der Waals surface area contributed by atoms with E-state index in [2.05, 4.69) is 15.3 Å². The molecule has 1 N–H and O–H groups in total. The van der Waals surface area contributed by atoms with Crippen molar-refractivity contribution >= 4 is 21.8 Å². The van der Waals surface area contributed by atoms with Crippen molar-refractivity contribution in [1.29, 1.82) is 0 Å². The van der Waals surface area contributed by atoms with Crippen LogP contribution in [0.1, 0.15) is 25.7 Å². The Morgan fingerprint density at radius 2 is 2.17 bits per heavy atom. The minimum absolute atomic E-state index is 0.0000162. The van der Waals surface area contributed by atoms with Crippen molar-refractivity contribution in [2.24, 2.45) is 0 Å². The third-order valence-corrected chi connectivity index (χ3v) is 5.24. The Balaban J connectivity index is 1.95. The molecule has 1 aliphatic heterocycles. The van der Waals surface area contributed by atoms with Gasteiger partial charge in [0.25, 0.3) is 0 Å². The first kappa shape index (κ1) is 17.9. The zero-order valence-corrected chi connectivity index (χ0v) is 14.6. The fourth-order valence-electron chi connectivity index (χ4n) is 2.81. The molecule has 0 spiro atoms. The van der Waals surface area contributed by atoms with Crippen LogP contribution in [0.5, 0.6) is 0 Å². The minimum Gasteiger partial charge on any atom is -0.360 e. The summed E-state index contributed by atoms with van der Waals surface area (Å²) in [6, 6.07) is 0.0000162. The van der Waals surface area contributed by atoms with Gasteiger partial charge in [-0.1, -0.05) is 6.42 Å². The van der Waals surface area contributed by atoms with Crippen LogP contribution in [0.4, 0.5) is 16.2 Å². The normalized spacial score (nSPS) is 19.6. The number of hydrogen-bond donors (Lipinski definition) is 1. The second kappa shape index (κ2) is 7.39. The van der Waals surface area contributed by atoms with Gasteiger partial charge in [0, 0.05) is 33.2 Å². The van der Waals surface area contributed by atoms with Crippen molar-refractivity contribution in [1.82, 2.24) is 14.3 Å². The third-order valence-electron chi connectivity index (χ3n) is 3.91. The van der Waals surface area contributed by atoms with E-state index in [9.17, 15) is 12.8 Å². The molecule has 2 heterocycles. The number of hydrogen-bond acceptors (Lipinski definition) is 6. The van der Waals surface area contributed by atoms with E-state index in [1.807, 2.05) is 0 Å². The van der Waals surface area contributed by atoms with Crippen LogP contribution in [0.15, 0.2) is 6.20 Å². The average Bonchev–Trinajstić information content (AvgIpc) is 2.48. The Labute approximate surface area is 137 Å². The molecular formula is C14H24FN5O2S. The molecule has 0 amide bonds. The Kier molecular flexibility index (Phi) is 5.74. The minimum atomic E-state index is -3.18. The lowest BCUT2D eigenvalue weighted by Gasteiger charge is -2.33. The summed E-state index contributed by atoms with van der Waals surface area (Å²) >= 11 is 0. The number of rotatable bonds is 6. The molecule has 1 unspecified atom stereocenters. The summed E-state index contributed by atoms with van der Waals surface area (Å²) in [5.41, 5.74) is 0. The summed E-state index contributed by atoms with van der Waals surface area (Å²) < 4.78 is 38.8. The Hall–Kier alpha value is -1.48. The van der Waals surface area contributed by atoms with Crippen molar-refractivity contribution < 1.29 is 12.8 Å². The SMILES string of the molecule is CN(C)c1nc(NCCC2CCCCN2S(C)(=O)=O)ncc1F. The first-order valence-corrected chi connectivity index (χ1v) is 9.54. The Morgan fingerprint density at radius 1 is 1.43 bits per heavy atom. The van der Waals surface area contributed by atoms with Crippen LogP contribution >= 0.6 is 0 Å². The van der Waals surface area contributed by atoms with E-state index in [-0.39, 0.29) is 11.9 Å². The van der Waals surface area contributed by atoms with Crippen molar-refractivity contribution in [2.45, 2.75) is 31.7 Å². The molecule has 1 aliphatic rings. The van der Waals surface area contributed by atoms with Gasteiger partial charge in [0.1, 0.15) is 0 Å². The number of sulfonamides is 1. The predicted octanol–water partition coefficient (Wildman–Crippen LogP) is 1.30. The topological polar surface area (TPSA) is 78.4 Å². The smallest absolute Gasteiger partial charge is 0.224 e. The average molecular weight is 345 g/mol. The molecular weight excluding hydrogens is 321 g/mol. The maximum atomic E-state index is 13.5. The van der Waals surface area contributed by atoms with Gasteiger partial charge in [-0.2, -0.15) is 9.29 Å². The Bertz CT molecular complexity index is 638. The molecule has 0 aliphatic carbocycles. The van der Waals surface area contributed by atoms with Crippen LogP contribution in [-0.4, -0.2) is 62.2 Å². The largest absolute Gasteiger partial charge is 0.360 e. The second-order valence-corrected chi connectivity index (χ2v) is 7.93. The first-order valence-electron chi connectivity index (χ1n) is 7.69. The number of nitrogens with zero attached hydrogens (tertiary/aromatic N) is 4. The number of aromatic nitrogens is 2. The van der Waals surface area contributed by atoms with E-state index in [1.165, 1.54) is 6.26 Å². The highest BCUT2D eigenvalue weighted by Crippen LogP contribution is 2.22. The molecule has 0 saturated carbocycles. The quantitative estimate of drug-likeness (QED) is 0.837. The van der Waals surface area contributed by atoms with Crippen molar-refractivity contribution in [3.63, 3.8) is 0 Å². The molecule has 0 aromatic carbocycles. The third kappa shape index (κ3) is 4.74. The lowest BCUT2D eigenvalue weighted by molar-refractivity contribution is 0.246. The van der Waals surface area contributed by atoms with Gasteiger partial charge in [-0.05, 0) is 19.3 Å². The lowest BCUT2D eigenvalue weighted by atomic mass is 10.0. The van der Waals surface area contributed by atoms with Gasteiger partial charge in [0.2, 0.25) is 16.0 Å². The summed E-state index contributed by atoms with van der Waals surface area (Å²) in [4.78, 5) is 9.61. The maximum Gasteiger partial charge on any atom is 0.224 e. The monoisotopic (exact) mass is 345 g/mol. The molecule has 1 fully saturated rings. The van der Waals surface area contributed by atoms with Crippen LogP contribution < -0.4 is 10.2 Å². The first-order chi connectivity index (χ1) is 10.8. The van der Waals surface area contributed by atoms with Crippen LogP contribution in [0.2, 0.25) is 0 Å². The summed E-state index contributed by atoms with van der Waals surface area (Å²) in [6.07, 6.45) is 5.87. The standard InChI is InChI=1S/C14H24FN5O2S/c1-19(2)13-12(15)10-17-14(18-13)16-8-7-11-6-4-5-9-20(11)23(3,21)22/h10-11H,4-9H2,1-3H3,(H,16,17,18).